The highest BCUT2D eigenvalue weighted by Gasteiger charge is 2.56. The summed E-state index contributed by atoms with van der Waals surface area (Å²) in [5.41, 5.74) is -2.12. The molecule has 0 aromatic heterocycles. The molecule has 2 rings (SSSR count). The molecule has 2 aliphatic heterocycles. The Morgan fingerprint density at radius 3 is 2.43 bits per heavy atom. The van der Waals surface area contributed by atoms with Crippen LogP contribution in [0.5, 0.6) is 0 Å². The minimum Gasteiger partial charge on any atom is -0.381 e. The summed E-state index contributed by atoms with van der Waals surface area (Å²) in [7, 11) is 1.08. The Balaban J connectivity index is 1.73. The van der Waals surface area contributed by atoms with Crippen LogP contribution in [0.25, 0.3) is 0 Å². The Morgan fingerprint density at radius 1 is 1.30 bits per heavy atom. The number of methoxy groups -OCH3 is 1. The summed E-state index contributed by atoms with van der Waals surface area (Å²) < 4.78 is 49.3. The molecule has 2 fully saturated rings. The van der Waals surface area contributed by atoms with Crippen LogP contribution >= 0.6 is 0 Å². The van der Waals surface area contributed by atoms with Gasteiger partial charge < -0.3 is 19.7 Å². The second-order valence-electron chi connectivity index (χ2n) is 6.26. The number of piperidine rings is 1. The number of nitrogens with one attached hydrogen (secondary N) is 1. The number of ether oxygens (including phenoxy) is 2. The Bertz CT molecular complexity index is 390. The molecule has 0 aromatic rings. The molecule has 0 saturated carbocycles. The molecule has 0 aromatic carbocycles. The van der Waals surface area contributed by atoms with E-state index in [1.54, 1.807) is 0 Å². The van der Waals surface area contributed by atoms with Gasteiger partial charge in [-0.05, 0) is 25.2 Å². The maximum absolute atomic E-state index is 13.1. The molecule has 2 amide bonds. The quantitative estimate of drug-likeness (QED) is 0.857. The predicted octanol–water partition coefficient (Wildman–Crippen LogP) is 2.56. The van der Waals surface area contributed by atoms with Crippen molar-refractivity contribution < 1.29 is 27.4 Å². The van der Waals surface area contributed by atoms with Crippen molar-refractivity contribution in [3.63, 3.8) is 0 Å². The lowest BCUT2D eigenvalue weighted by Gasteiger charge is -2.41. The van der Waals surface area contributed by atoms with Crippen LogP contribution < -0.4 is 5.32 Å². The van der Waals surface area contributed by atoms with Gasteiger partial charge >= 0.3 is 12.2 Å². The Labute approximate surface area is 134 Å². The summed E-state index contributed by atoms with van der Waals surface area (Å²) in [6, 6.07) is -0.288. The first kappa shape index (κ1) is 18.3. The average molecular weight is 338 g/mol. The molecule has 2 saturated heterocycles. The summed E-state index contributed by atoms with van der Waals surface area (Å²) in [6.45, 7) is 2.18. The van der Waals surface area contributed by atoms with Crippen LogP contribution in [-0.4, -0.2) is 62.7 Å². The standard InChI is InChI=1S/C15H25F3N2O3/c1-22-14(15(16,17)18)5-8-20(9-6-14)13(21)19-7-2-12-3-10-23-11-4-12/h12H,2-11H2,1H3,(H,19,21). The molecule has 5 nitrogen and oxygen atoms in total. The lowest BCUT2D eigenvalue weighted by Crippen LogP contribution is -2.56. The molecule has 8 heteroatoms. The maximum Gasteiger partial charge on any atom is 0.417 e. The number of hydrogen-bond acceptors (Lipinski definition) is 3. The van der Waals surface area contributed by atoms with Crippen molar-refractivity contribution >= 4 is 6.03 Å². The number of nitrogens with zero attached hydrogens (tertiary/aromatic N) is 1. The number of rotatable bonds is 4. The number of carbonyl (C=O) groups is 1. The fourth-order valence-corrected chi connectivity index (χ4v) is 3.20. The summed E-state index contributed by atoms with van der Waals surface area (Å²) in [5.74, 6) is 0.553. The zero-order valence-corrected chi connectivity index (χ0v) is 13.5. The van der Waals surface area contributed by atoms with Gasteiger partial charge in [0.15, 0.2) is 5.60 Å². The third-order valence-corrected chi connectivity index (χ3v) is 4.94. The molecule has 0 atom stereocenters. The molecule has 0 unspecified atom stereocenters. The lowest BCUT2D eigenvalue weighted by atomic mass is 9.90. The number of amides is 2. The van der Waals surface area contributed by atoms with Gasteiger partial charge in [-0.15, -0.1) is 0 Å². The fraction of sp³-hybridized carbons (Fsp3) is 0.933. The topological polar surface area (TPSA) is 50.8 Å². The van der Waals surface area contributed by atoms with Gasteiger partial charge in [0.2, 0.25) is 0 Å². The minimum atomic E-state index is -4.41. The highest BCUT2D eigenvalue weighted by molar-refractivity contribution is 5.74. The molecule has 0 spiro atoms. The molecule has 2 heterocycles. The summed E-state index contributed by atoms with van der Waals surface area (Å²) in [4.78, 5) is 13.5. The SMILES string of the molecule is COC1(C(F)(F)F)CCN(C(=O)NCCC2CCOCC2)CC1. The summed E-state index contributed by atoms with van der Waals surface area (Å²) in [6.07, 6.45) is -1.97. The molecule has 2 aliphatic rings. The van der Waals surface area contributed by atoms with Crippen LogP contribution in [0.2, 0.25) is 0 Å². The average Bonchev–Trinajstić information content (AvgIpc) is 2.54. The number of carbonyl (C=O) groups excluding carboxylic acids is 1. The van der Waals surface area contributed by atoms with Gasteiger partial charge in [-0.3, -0.25) is 0 Å². The first-order chi connectivity index (χ1) is 10.9. The monoisotopic (exact) mass is 338 g/mol. The lowest BCUT2D eigenvalue weighted by molar-refractivity contribution is -0.281. The third kappa shape index (κ3) is 4.50. The van der Waals surface area contributed by atoms with Gasteiger partial charge in [0.1, 0.15) is 0 Å². The first-order valence-electron chi connectivity index (χ1n) is 8.10. The Hall–Kier alpha value is -1.02. The van der Waals surface area contributed by atoms with Gasteiger partial charge in [-0.1, -0.05) is 0 Å². The van der Waals surface area contributed by atoms with Gasteiger partial charge in [-0.25, -0.2) is 4.79 Å². The summed E-state index contributed by atoms with van der Waals surface area (Å²) >= 11 is 0. The number of alkyl halides is 3. The molecule has 0 radical (unpaired) electrons. The predicted molar refractivity (Wildman–Crippen MR) is 78.2 cm³/mol. The highest BCUT2D eigenvalue weighted by Crippen LogP contribution is 2.41. The first-order valence-corrected chi connectivity index (χ1v) is 8.10. The van der Waals surface area contributed by atoms with E-state index in [1.165, 1.54) is 4.90 Å². The van der Waals surface area contributed by atoms with Gasteiger partial charge in [0.25, 0.3) is 0 Å². The molecule has 1 N–H and O–H groups in total. The third-order valence-electron chi connectivity index (χ3n) is 4.94. The van der Waals surface area contributed by atoms with E-state index in [1.807, 2.05) is 0 Å². The van der Waals surface area contributed by atoms with Crippen LogP contribution in [0.1, 0.15) is 32.1 Å². The van der Waals surface area contributed by atoms with Crippen molar-refractivity contribution in [2.24, 2.45) is 5.92 Å². The highest BCUT2D eigenvalue weighted by atomic mass is 19.4. The van der Waals surface area contributed by atoms with Gasteiger partial charge in [0.05, 0.1) is 0 Å². The maximum atomic E-state index is 13.1. The Kier molecular flexibility index (Phi) is 6.13. The molecular weight excluding hydrogens is 313 g/mol. The normalized spacial score (nSPS) is 22.9. The van der Waals surface area contributed by atoms with E-state index in [0.29, 0.717) is 12.5 Å². The van der Waals surface area contributed by atoms with Crippen LogP contribution in [0.15, 0.2) is 0 Å². The van der Waals surface area contributed by atoms with Gasteiger partial charge in [0, 0.05) is 52.8 Å². The van der Waals surface area contributed by atoms with E-state index < -0.39 is 11.8 Å². The summed E-state index contributed by atoms with van der Waals surface area (Å²) in [5, 5.41) is 2.81. The molecule has 0 aliphatic carbocycles. The van der Waals surface area contributed by atoms with Crippen molar-refractivity contribution in [1.29, 1.82) is 0 Å². The molecule has 23 heavy (non-hydrogen) atoms. The van der Waals surface area contributed by atoms with E-state index >= 15 is 0 Å². The second kappa shape index (κ2) is 7.70. The zero-order valence-electron chi connectivity index (χ0n) is 13.5. The van der Waals surface area contributed by atoms with Crippen molar-refractivity contribution in [2.45, 2.75) is 43.9 Å². The molecular formula is C15H25F3N2O3. The van der Waals surface area contributed by atoms with Crippen LogP contribution in [0.4, 0.5) is 18.0 Å². The van der Waals surface area contributed by atoms with Crippen molar-refractivity contribution in [3.05, 3.63) is 0 Å². The van der Waals surface area contributed by atoms with E-state index in [0.717, 1.165) is 39.6 Å². The number of urea groups is 1. The van der Waals surface area contributed by atoms with Crippen molar-refractivity contribution in [3.8, 4) is 0 Å². The Morgan fingerprint density at radius 2 is 1.91 bits per heavy atom. The largest absolute Gasteiger partial charge is 0.417 e. The number of halogens is 3. The van der Waals surface area contributed by atoms with E-state index in [-0.39, 0.29) is 32.0 Å². The smallest absolute Gasteiger partial charge is 0.381 e. The number of likely N-dealkylation sites (tertiary alicyclic amines) is 1. The second-order valence-corrected chi connectivity index (χ2v) is 6.26. The van der Waals surface area contributed by atoms with E-state index in [4.69, 9.17) is 9.47 Å². The van der Waals surface area contributed by atoms with Crippen LogP contribution in [-0.2, 0) is 9.47 Å². The van der Waals surface area contributed by atoms with Crippen LogP contribution in [0, 0.1) is 5.92 Å². The van der Waals surface area contributed by atoms with E-state index in [9.17, 15) is 18.0 Å². The van der Waals surface area contributed by atoms with E-state index in [2.05, 4.69) is 5.32 Å². The minimum absolute atomic E-state index is 0.0520. The fourth-order valence-electron chi connectivity index (χ4n) is 3.20. The van der Waals surface area contributed by atoms with Crippen molar-refractivity contribution in [1.82, 2.24) is 10.2 Å². The van der Waals surface area contributed by atoms with Crippen LogP contribution in [0.3, 0.4) is 0 Å². The molecule has 0 bridgehead atoms. The van der Waals surface area contributed by atoms with Crippen molar-refractivity contribution in [2.75, 3.05) is 40.0 Å². The molecule has 134 valence electrons. The zero-order chi connectivity index (χ0) is 16.9. The van der Waals surface area contributed by atoms with Gasteiger partial charge in [-0.2, -0.15) is 13.2 Å². The number of hydrogen-bond donors (Lipinski definition) is 1.